The van der Waals surface area contributed by atoms with Crippen molar-refractivity contribution in [3.8, 4) is 0 Å². The fourth-order valence-corrected chi connectivity index (χ4v) is 0.868. The minimum Gasteiger partial charge on any atom is -0.648 e. The van der Waals surface area contributed by atoms with Gasteiger partial charge in [0.05, 0.1) is 0 Å². The first-order valence-corrected chi connectivity index (χ1v) is 2.79. The first kappa shape index (κ1) is 10.8. The molecule has 0 saturated carbocycles. The van der Waals surface area contributed by atoms with E-state index in [2.05, 4.69) is 5.32 Å². The maximum absolute atomic E-state index is 10.2. The van der Waals surface area contributed by atoms with Gasteiger partial charge in [0, 0.05) is 50.2 Å². The summed E-state index contributed by atoms with van der Waals surface area (Å²) < 4.78 is 0. The summed E-state index contributed by atoms with van der Waals surface area (Å²) in [5.74, 6) is -1.03. The Morgan fingerprint density at radius 1 is 1.60 bits per heavy atom. The Kier molecular flexibility index (Phi) is 5.04. The van der Waals surface area contributed by atoms with Gasteiger partial charge >= 0.3 is 0 Å². The van der Waals surface area contributed by atoms with Crippen molar-refractivity contribution < 1.29 is 59.1 Å². The summed E-state index contributed by atoms with van der Waals surface area (Å²) in [4.78, 5) is 10.2. The number of nitrogens with zero attached hydrogens (tertiary/aromatic N) is 1. The number of aliphatic hydroxyl groups excluding tert-OH is 1. The maximum atomic E-state index is 10.2. The first-order chi connectivity index (χ1) is 4.22. The molecule has 55 valence electrons. The number of carboxylic acids is 1. The van der Waals surface area contributed by atoms with Crippen LogP contribution in [0.1, 0.15) is 6.42 Å². The molecule has 1 fully saturated rings. The molecule has 0 aromatic carbocycles. The molecule has 5 heteroatoms. The number of hydrogen-bond donors (Lipinski definition) is 2. The van der Waals surface area contributed by atoms with Crippen molar-refractivity contribution in [1.82, 2.24) is 0 Å². The molecule has 1 heterocycles. The topological polar surface area (TPSA) is 71.6 Å². The molecule has 4 nitrogen and oxygen atoms in total. The predicted octanol–water partition coefficient (Wildman–Crippen LogP) is -0.422. The standard InChI is InChI=1S/C5H8NO3.Ac/c7-3-1-2-6-4(3)5(8)9;/h3-4,7H,1-2H2,(H,8,9);/q-1;. The van der Waals surface area contributed by atoms with Gasteiger partial charge < -0.3 is 15.5 Å². The molecule has 0 amide bonds. The predicted molar refractivity (Wildman–Crippen MR) is 30.3 cm³/mol. The van der Waals surface area contributed by atoms with Gasteiger partial charge in [-0.25, -0.2) is 0 Å². The van der Waals surface area contributed by atoms with Crippen molar-refractivity contribution >= 4 is 5.97 Å². The van der Waals surface area contributed by atoms with Crippen LogP contribution < -0.4 is 0 Å². The minimum atomic E-state index is -1.03. The van der Waals surface area contributed by atoms with Gasteiger partial charge in [0.15, 0.2) is 0 Å². The quantitative estimate of drug-likeness (QED) is 0.670. The summed E-state index contributed by atoms with van der Waals surface area (Å²) in [5.41, 5.74) is 0. The Bertz CT molecular complexity index is 130. The van der Waals surface area contributed by atoms with Gasteiger partial charge in [-0.15, -0.1) is 6.54 Å². The van der Waals surface area contributed by atoms with E-state index in [1.165, 1.54) is 0 Å². The smallest absolute Gasteiger partial charge is 0.288 e. The number of aliphatic hydroxyl groups is 1. The minimum absolute atomic E-state index is 0. The zero-order valence-corrected chi connectivity index (χ0v) is 10.1. The van der Waals surface area contributed by atoms with Crippen molar-refractivity contribution in [2.24, 2.45) is 0 Å². The van der Waals surface area contributed by atoms with Crippen LogP contribution in [0, 0.1) is 44.1 Å². The molecular formula is C5H8AcNO3-. The van der Waals surface area contributed by atoms with Crippen molar-refractivity contribution in [1.29, 1.82) is 0 Å². The monoisotopic (exact) mass is 357 g/mol. The van der Waals surface area contributed by atoms with Gasteiger partial charge in [0.25, 0.3) is 5.97 Å². The van der Waals surface area contributed by atoms with Crippen LogP contribution in [0.2, 0.25) is 0 Å². The normalized spacial score (nSPS) is 31.3. The first-order valence-electron chi connectivity index (χ1n) is 2.79. The number of aliphatic carboxylic acids is 1. The third kappa shape index (κ3) is 2.46. The molecule has 0 bridgehead atoms. The van der Waals surface area contributed by atoms with Gasteiger partial charge in [0.2, 0.25) is 0 Å². The SMILES string of the molecule is O=C(O)C1[N-]CCC1O.[Ac]. The summed E-state index contributed by atoms with van der Waals surface area (Å²) in [6.07, 6.45) is -0.278. The van der Waals surface area contributed by atoms with Crippen LogP contribution in [0.5, 0.6) is 0 Å². The molecule has 10 heavy (non-hydrogen) atoms. The van der Waals surface area contributed by atoms with Gasteiger partial charge in [-0.2, -0.15) is 0 Å². The second kappa shape index (κ2) is 4.66. The maximum Gasteiger partial charge on any atom is 0.288 e. The molecule has 1 aliphatic rings. The summed E-state index contributed by atoms with van der Waals surface area (Å²) in [6, 6.07) is -0.870. The number of carboxylic acid groups (broad SMARTS) is 1. The Hall–Kier alpha value is 0.832. The van der Waals surface area contributed by atoms with E-state index in [0.29, 0.717) is 13.0 Å². The third-order valence-corrected chi connectivity index (χ3v) is 1.37. The van der Waals surface area contributed by atoms with E-state index in [9.17, 15) is 4.79 Å². The van der Waals surface area contributed by atoms with E-state index in [-0.39, 0.29) is 44.1 Å². The Balaban J connectivity index is 0.000000810. The zero-order chi connectivity index (χ0) is 6.85. The molecule has 2 atom stereocenters. The van der Waals surface area contributed by atoms with E-state index in [0.717, 1.165) is 0 Å². The molecule has 1 aliphatic heterocycles. The third-order valence-electron chi connectivity index (χ3n) is 1.37. The molecule has 1 radical (unpaired) electrons. The average molecular weight is 357 g/mol. The van der Waals surface area contributed by atoms with E-state index < -0.39 is 18.1 Å². The van der Waals surface area contributed by atoms with E-state index in [4.69, 9.17) is 10.2 Å². The average Bonchev–Trinajstić information content (AvgIpc) is 2.13. The largest absolute Gasteiger partial charge is 0.648 e. The van der Waals surface area contributed by atoms with Crippen LogP contribution in [0.4, 0.5) is 0 Å². The Morgan fingerprint density at radius 2 is 2.20 bits per heavy atom. The second-order valence-electron chi connectivity index (χ2n) is 2.05. The van der Waals surface area contributed by atoms with Gasteiger partial charge in [-0.1, -0.05) is 0 Å². The number of hydrogen-bond acceptors (Lipinski definition) is 2. The van der Waals surface area contributed by atoms with Crippen LogP contribution >= 0.6 is 0 Å². The van der Waals surface area contributed by atoms with Crippen molar-refractivity contribution in [3.05, 3.63) is 5.32 Å². The molecule has 0 aliphatic carbocycles. The Labute approximate surface area is 94.5 Å². The Morgan fingerprint density at radius 3 is 2.40 bits per heavy atom. The van der Waals surface area contributed by atoms with E-state index in [1.54, 1.807) is 0 Å². The molecule has 0 aromatic rings. The van der Waals surface area contributed by atoms with Crippen LogP contribution in [-0.2, 0) is 4.79 Å². The molecule has 2 unspecified atom stereocenters. The fourth-order valence-electron chi connectivity index (χ4n) is 0.868. The van der Waals surface area contributed by atoms with Crippen molar-refractivity contribution in [3.63, 3.8) is 0 Å². The van der Waals surface area contributed by atoms with E-state index >= 15 is 0 Å². The number of carbonyl (C=O) groups is 1. The van der Waals surface area contributed by atoms with Crippen LogP contribution in [-0.4, -0.2) is 34.9 Å². The van der Waals surface area contributed by atoms with Gasteiger partial charge in [-0.05, 0) is 12.5 Å². The van der Waals surface area contributed by atoms with Crippen LogP contribution in [0.15, 0.2) is 0 Å². The van der Waals surface area contributed by atoms with Crippen molar-refractivity contribution in [2.45, 2.75) is 18.6 Å². The molecule has 0 aromatic heterocycles. The molecule has 1 saturated heterocycles. The van der Waals surface area contributed by atoms with Crippen molar-refractivity contribution in [2.75, 3.05) is 6.54 Å². The molecule has 2 N–H and O–H groups in total. The summed E-state index contributed by atoms with van der Waals surface area (Å²) in [6.45, 7) is 0.470. The van der Waals surface area contributed by atoms with Gasteiger partial charge in [0.1, 0.15) is 0 Å². The molecule has 1 rings (SSSR count). The van der Waals surface area contributed by atoms with Gasteiger partial charge in [-0.3, -0.25) is 4.79 Å². The zero-order valence-electron chi connectivity index (χ0n) is 5.40. The molecular weight excluding hydrogens is 349 g/mol. The number of rotatable bonds is 1. The summed E-state index contributed by atoms with van der Waals surface area (Å²) >= 11 is 0. The van der Waals surface area contributed by atoms with Crippen LogP contribution in [0.25, 0.3) is 5.32 Å². The fraction of sp³-hybridized carbons (Fsp3) is 0.800. The molecule has 0 spiro atoms. The second-order valence-corrected chi connectivity index (χ2v) is 2.05. The summed E-state index contributed by atoms with van der Waals surface area (Å²) in [7, 11) is 0. The van der Waals surface area contributed by atoms with E-state index in [1.807, 2.05) is 0 Å². The summed E-state index contributed by atoms with van der Waals surface area (Å²) in [5, 5.41) is 20.9. The van der Waals surface area contributed by atoms with Crippen LogP contribution in [0.3, 0.4) is 0 Å².